The number of nitrogens with zero attached hydrogens (tertiary/aromatic N) is 2. The monoisotopic (exact) mass is 270 g/mol. The predicted molar refractivity (Wildman–Crippen MR) is 84.3 cm³/mol. The molecule has 1 aliphatic carbocycles. The Morgan fingerprint density at radius 3 is 2.60 bits per heavy atom. The summed E-state index contributed by atoms with van der Waals surface area (Å²) in [4.78, 5) is 5.16. The number of fused-ring (bicyclic) bond motifs is 1. The van der Waals surface area contributed by atoms with Crippen LogP contribution in [0.3, 0.4) is 0 Å². The molecule has 2 saturated heterocycles. The van der Waals surface area contributed by atoms with E-state index < -0.39 is 0 Å². The van der Waals surface area contributed by atoms with Crippen molar-refractivity contribution in [2.75, 3.05) is 37.6 Å². The predicted octanol–water partition coefficient (Wildman–Crippen LogP) is 3.13. The molecule has 3 fully saturated rings. The highest BCUT2D eigenvalue weighted by Gasteiger charge is 2.60. The molecule has 0 radical (unpaired) electrons. The smallest absolute Gasteiger partial charge is 0.0366 e. The Hall–Kier alpha value is -1.02. The van der Waals surface area contributed by atoms with E-state index in [1.165, 1.54) is 51.3 Å². The van der Waals surface area contributed by atoms with Gasteiger partial charge >= 0.3 is 0 Å². The fourth-order valence-corrected chi connectivity index (χ4v) is 4.45. The van der Waals surface area contributed by atoms with Crippen molar-refractivity contribution in [3.05, 3.63) is 29.8 Å². The molecule has 2 heterocycles. The molecule has 108 valence electrons. The summed E-state index contributed by atoms with van der Waals surface area (Å²) >= 11 is 0. The van der Waals surface area contributed by atoms with Crippen LogP contribution in [0.5, 0.6) is 0 Å². The topological polar surface area (TPSA) is 6.48 Å². The first-order chi connectivity index (χ1) is 9.71. The van der Waals surface area contributed by atoms with Crippen LogP contribution >= 0.6 is 0 Å². The lowest BCUT2D eigenvalue weighted by Crippen LogP contribution is -2.26. The Kier molecular flexibility index (Phi) is 2.85. The van der Waals surface area contributed by atoms with Crippen LogP contribution in [0, 0.1) is 11.8 Å². The van der Waals surface area contributed by atoms with E-state index in [2.05, 4.69) is 47.9 Å². The third-order valence-electron chi connectivity index (χ3n) is 5.89. The van der Waals surface area contributed by atoms with Gasteiger partial charge in [0.2, 0.25) is 0 Å². The first-order valence-electron chi connectivity index (χ1n) is 8.29. The molecular weight excluding hydrogens is 244 g/mol. The van der Waals surface area contributed by atoms with Gasteiger partial charge in [-0.15, -0.1) is 0 Å². The molecule has 0 aromatic heterocycles. The summed E-state index contributed by atoms with van der Waals surface area (Å²) in [7, 11) is 0. The van der Waals surface area contributed by atoms with Crippen molar-refractivity contribution in [3.63, 3.8) is 0 Å². The largest absolute Gasteiger partial charge is 0.371 e. The summed E-state index contributed by atoms with van der Waals surface area (Å²) in [5, 5.41) is 0. The van der Waals surface area contributed by atoms with Gasteiger partial charge < -0.3 is 9.80 Å². The molecule has 0 bridgehead atoms. The van der Waals surface area contributed by atoms with Crippen LogP contribution < -0.4 is 4.90 Å². The molecule has 0 spiro atoms. The first-order valence-corrected chi connectivity index (χ1v) is 8.29. The van der Waals surface area contributed by atoms with Crippen LogP contribution in [0.25, 0.3) is 0 Å². The van der Waals surface area contributed by atoms with Gasteiger partial charge in [-0.05, 0) is 48.9 Å². The Morgan fingerprint density at radius 2 is 2.00 bits per heavy atom. The van der Waals surface area contributed by atoms with Gasteiger partial charge in [0.15, 0.2) is 0 Å². The van der Waals surface area contributed by atoms with Gasteiger partial charge in [-0.25, -0.2) is 0 Å². The summed E-state index contributed by atoms with van der Waals surface area (Å²) in [6.45, 7) is 10.9. The minimum absolute atomic E-state index is 0.521. The van der Waals surface area contributed by atoms with E-state index in [1.807, 2.05) is 0 Å². The van der Waals surface area contributed by atoms with Crippen molar-refractivity contribution in [2.45, 2.75) is 32.1 Å². The molecule has 20 heavy (non-hydrogen) atoms. The second-order valence-electron chi connectivity index (χ2n) is 7.27. The third-order valence-corrected chi connectivity index (χ3v) is 5.89. The minimum atomic E-state index is 0.521. The zero-order chi connectivity index (χ0) is 13.7. The zero-order valence-corrected chi connectivity index (χ0v) is 12.8. The Bertz CT molecular complexity index is 495. The molecule has 1 saturated carbocycles. The summed E-state index contributed by atoms with van der Waals surface area (Å²) in [6.07, 6.45) is 2.77. The van der Waals surface area contributed by atoms with Crippen molar-refractivity contribution < 1.29 is 0 Å². The molecule has 0 amide bonds. The van der Waals surface area contributed by atoms with E-state index in [0.717, 1.165) is 11.8 Å². The third kappa shape index (κ3) is 1.88. The van der Waals surface area contributed by atoms with Gasteiger partial charge in [0.25, 0.3) is 0 Å². The van der Waals surface area contributed by atoms with Crippen LogP contribution in [-0.4, -0.2) is 37.6 Å². The molecule has 3 unspecified atom stereocenters. The number of piperidine rings is 1. The van der Waals surface area contributed by atoms with Gasteiger partial charge in [0, 0.05) is 37.3 Å². The molecule has 3 aliphatic rings. The zero-order valence-electron chi connectivity index (χ0n) is 12.8. The number of likely N-dealkylation sites (tertiary alicyclic amines) is 1. The van der Waals surface area contributed by atoms with E-state index in [9.17, 15) is 0 Å². The quantitative estimate of drug-likeness (QED) is 0.832. The van der Waals surface area contributed by atoms with Gasteiger partial charge in [-0.3, -0.25) is 0 Å². The van der Waals surface area contributed by atoms with Crippen LogP contribution in [0.4, 0.5) is 5.69 Å². The molecule has 1 aromatic carbocycles. The van der Waals surface area contributed by atoms with Gasteiger partial charge in [-0.1, -0.05) is 26.0 Å². The lowest BCUT2D eigenvalue weighted by Gasteiger charge is -2.21. The highest BCUT2D eigenvalue weighted by Crippen LogP contribution is 2.59. The van der Waals surface area contributed by atoms with Gasteiger partial charge in [-0.2, -0.15) is 0 Å². The molecule has 4 rings (SSSR count). The lowest BCUT2D eigenvalue weighted by atomic mass is 9.95. The SMILES string of the molecule is CCN1CC2CC2(c2ccc(N3CCC(C)C3)cc2)C1. The highest BCUT2D eigenvalue weighted by molar-refractivity contribution is 5.51. The number of hydrogen-bond donors (Lipinski definition) is 0. The van der Waals surface area contributed by atoms with Crippen molar-refractivity contribution in [2.24, 2.45) is 11.8 Å². The molecule has 2 heteroatoms. The fraction of sp³-hybridized carbons (Fsp3) is 0.667. The number of rotatable bonds is 3. The second-order valence-corrected chi connectivity index (χ2v) is 7.27. The van der Waals surface area contributed by atoms with E-state index in [1.54, 1.807) is 5.56 Å². The van der Waals surface area contributed by atoms with Gasteiger partial charge in [0.05, 0.1) is 0 Å². The molecular formula is C18H26N2. The Labute approximate surface area is 122 Å². The standard InChI is InChI=1S/C18H26N2/c1-3-19-12-16-10-18(16,13-19)15-4-6-17(7-5-15)20-9-8-14(2)11-20/h4-7,14,16H,3,8-13H2,1-2H3. The molecule has 2 nitrogen and oxygen atoms in total. The van der Waals surface area contributed by atoms with Crippen LogP contribution in [-0.2, 0) is 5.41 Å². The summed E-state index contributed by atoms with van der Waals surface area (Å²) in [6, 6.07) is 9.56. The van der Waals surface area contributed by atoms with Gasteiger partial charge in [0.1, 0.15) is 0 Å². The average molecular weight is 270 g/mol. The maximum Gasteiger partial charge on any atom is 0.0366 e. The molecule has 0 N–H and O–H groups in total. The van der Waals surface area contributed by atoms with E-state index in [0.29, 0.717) is 5.41 Å². The van der Waals surface area contributed by atoms with Crippen LogP contribution in [0.15, 0.2) is 24.3 Å². The number of likely N-dealkylation sites (N-methyl/N-ethyl adjacent to an activating group) is 1. The second kappa shape index (κ2) is 4.49. The van der Waals surface area contributed by atoms with Crippen molar-refractivity contribution in [3.8, 4) is 0 Å². The minimum Gasteiger partial charge on any atom is -0.371 e. The highest BCUT2D eigenvalue weighted by atomic mass is 15.2. The fourth-order valence-electron chi connectivity index (χ4n) is 4.45. The van der Waals surface area contributed by atoms with E-state index in [-0.39, 0.29) is 0 Å². The van der Waals surface area contributed by atoms with Crippen LogP contribution in [0.1, 0.15) is 32.3 Å². The number of anilines is 1. The summed E-state index contributed by atoms with van der Waals surface area (Å²) < 4.78 is 0. The van der Waals surface area contributed by atoms with Crippen molar-refractivity contribution >= 4 is 5.69 Å². The average Bonchev–Trinajstić information content (AvgIpc) is 2.85. The van der Waals surface area contributed by atoms with E-state index >= 15 is 0 Å². The maximum atomic E-state index is 2.62. The number of hydrogen-bond acceptors (Lipinski definition) is 2. The molecule has 3 atom stereocenters. The van der Waals surface area contributed by atoms with Crippen LogP contribution in [0.2, 0.25) is 0 Å². The first kappa shape index (κ1) is 12.7. The number of benzene rings is 1. The maximum absolute atomic E-state index is 2.62. The Morgan fingerprint density at radius 1 is 1.20 bits per heavy atom. The normalized spacial score (nSPS) is 36.4. The van der Waals surface area contributed by atoms with Crippen molar-refractivity contribution in [1.29, 1.82) is 0 Å². The Balaban J connectivity index is 1.51. The molecule has 2 aliphatic heterocycles. The molecule has 1 aromatic rings. The lowest BCUT2D eigenvalue weighted by molar-refractivity contribution is 0.314. The summed E-state index contributed by atoms with van der Waals surface area (Å²) in [5.41, 5.74) is 3.54. The van der Waals surface area contributed by atoms with E-state index in [4.69, 9.17) is 0 Å². The summed E-state index contributed by atoms with van der Waals surface area (Å²) in [5.74, 6) is 1.79. The van der Waals surface area contributed by atoms with Crippen molar-refractivity contribution in [1.82, 2.24) is 4.90 Å².